The zero-order valence-electron chi connectivity index (χ0n) is 15.9. The van der Waals surface area contributed by atoms with E-state index in [1.165, 1.54) is 12.1 Å². The maximum Gasteiger partial charge on any atom is 0.248 e. The van der Waals surface area contributed by atoms with Crippen molar-refractivity contribution in [2.45, 2.75) is 12.6 Å². The second-order valence-electron chi connectivity index (χ2n) is 7.11. The second-order valence-corrected chi connectivity index (χ2v) is 7.11. The zero-order valence-corrected chi connectivity index (χ0v) is 15.9. The molecule has 2 heterocycles. The van der Waals surface area contributed by atoms with E-state index in [2.05, 4.69) is 4.90 Å². The molecule has 6 heteroatoms. The molecule has 148 valence electrons. The fourth-order valence-electron chi connectivity index (χ4n) is 3.47. The first-order valence-electron chi connectivity index (χ1n) is 9.54. The van der Waals surface area contributed by atoms with Gasteiger partial charge in [0.15, 0.2) is 0 Å². The molecule has 5 nitrogen and oxygen atoms in total. The van der Waals surface area contributed by atoms with Crippen LogP contribution in [-0.4, -0.2) is 35.5 Å². The van der Waals surface area contributed by atoms with Crippen LogP contribution in [0.3, 0.4) is 0 Å². The number of hydrogen-bond acceptors (Lipinski definition) is 4. The maximum absolute atomic E-state index is 13.1. The summed E-state index contributed by atoms with van der Waals surface area (Å²) in [5.41, 5.74) is 9.44. The average Bonchev–Trinajstić information content (AvgIpc) is 2.76. The fraction of sp³-hybridized carbons (Fsp3) is 0.217. The van der Waals surface area contributed by atoms with Gasteiger partial charge in [-0.25, -0.2) is 4.39 Å². The van der Waals surface area contributed by atoms with Crippen LogP contribution >= 0.6 is 0 Å². The van der Waals surface area contributed by atoms with E-state index in [0.29, 0.717) is 18.7 Å². The zero-order chi connectivity index (χ0) is 20.2. The van der Waals surface area contributed by atoms with Crippen molar-refractivity contribution in [1.82, 2.24) is 9.88 Å². The van der Waals surface area contributed by atoms with Crippen LogP contribution in [0.4, 0.5) is 4.39 Å². The van der Waals surface area contributed by atoms with Crippen LogP contribution in [0.15, 0.2) is 66.7 Å². The standard InChI is InChI=1S/C23H22FN3O2/c24-19-10-4-16(5-11-19)14-27-12-13-29-22(15-27)21-3-1-2-20(26-21)17-6-8-18(9-7-17)23(25)28/h1-11,22H,12-15H2,(H2,25,28)/t22-/m1/s1. The lowest BCUT2D eigenvalue weighted by atomic mass is 10.1. The number of ether oxygens (including phenoxy) is 1. The van der Waals surface area contributed by atoms with Gasteiger partial charge in [-0.05, 0) is 42.0 Å². The molecular formula is C23H22FN3O2. The summed E-state index contributed by atoms with van der Waals surface area (Å²) in [6, 6.07) is 19.5. The normalized spacial score (nSPS) is 17.2. The molecule has 0 saturated carbocycles. The van der Waals surface area contributed by atoms with Gasteiger partial charge in [-0.2, -0.15) is 0 Å². The Balaban J connectivity index is 1.48. The van der Waals surface area contributed by atoms with Crippen LogP contribution in [0.2, 0.25) is 0 Å². The Bertz CT molecular complexity index is 990. The van der Waals surface area contributed by atoms with Gasteiger partial charge in [0.25, 0.3) is 0 Å². The number of morpholine rings is 1. The highest BCUT2D eigenvalue weighted by Gasteiger charge is 2.23. The molecule has 0 unspecified atom stereocenters. The van der Waals surface area contributed by atoms with E-state index in [9.17, 15) is 9.18 Å². The number of halogens is 1. The lowest BCUT2D eigenvalue weighted by Gasteiger charge is -2.32. The van der Waals surface area contributed by atoms with E-state index in [4.69, 9.17) is 15.5 Å². The minimum absolute atomic E-state index is 0.131. The van der Waals surface area contributed by atoms with Crippen molar-refractivity contribution in [1.29, 1.82) is 0 Å². The van der Waals surface area contributed by atoms with Crippen LogP contribution in [0.1, 0.15) is 27.7 Å². The molecule has 2 N–H and O–H groups in total. The molecule has 1 saturated heterocycles. The van der Waals surface area contributed by atoms with Gasteiger partial charge in [-0.3, -0.25) is 14.7 Å². The van der Waals surface area contributed by atoms with Crippen LogP contribution in [-0.2, 0) is 11.3 Å². The summed E-state index contributed by atoms with van der Waals surface area (Å²) in [5.74, 6) is -0.673. The van der Waals surface area contributed by atoms with Crippen molar-refractivity contribution in [2.24, 2.45) is 5.73 Å². The molecule has 4 rings (SSSR count). The Hall–Kier alpha value is -3.09. The van der Waals surface area contributed by atoms with Gasteiger partial charge in [-0.1, -0.05) is 30.3 Å². The number of rotatable bonds is 5. The van der Waals surface area contributed by atoms with Gasteiger partial charge < -0.3 is 10.5 Å². The molecule has 3 aromatic rings. The van der Waals surface area contributed by atoms with Crippen molar-refractivity contribution in [2.75, 3.05) is 19.7 Å². The number of nitrogens with two attached hydrogens (primary N) is 1. The molecule has 2 aromatic carbocycles. The molecule has 0 radical (unpaired) electrons. The minimum atomic E-state index is -0.449. The SMILES string of the molecule is NC(=O)c1ccc(-c2cccc([C@H]3CN(Cc4ccc(F)cc4)CCO3)n2)cc1. The Labute approximate surface area is 168 Å². The largest absolute Gasteiger partial charge is 0.369 e. The monoisotopic (exact) mass is 391 g/mol. The van der Waals surface area contributed by atoms with Gasteiger partial charge in [0.05, 0.1) is 18.0 Å². The van der Waals surface area contributed by atoms with Gasteiger partial charge >= 0.3 is 0 Å². The number of carbonyl (C=O) groups excluding carboxylic acids is 1. The Kier molecular flexibility index (Phi) is 5.64. The molecule has 0 spiro atoms. The number of benzene rings is 2. The predicted octanol–water partition coefficient (Wildman–Crippen LogP) is 3.56. The number of amides is 1. The molecule has 0 bridgehead atoms. The summed E-state index contributed by atoms with van der Waals surface area (Å²) in [6.45, 7) is 2.90. The molecule has 1 fully saturated rings. The Morgan fingerprint density at radius 2 is 1.86 bits per heavy atom. The molecule has 1 aromatic heterocycles. The van der Waals surface area contributed by atoms with Gasteiger partial charge in [0, 0.05) is 30.8 Å². The quantitative estimate of drug-likeness (QED) is 0.722. The molecule has 1 aliphatic heterocycles. The van der Waals surface area contributed by atoms with Crippen LogP contribution < -0.4 is 5.73 Å². The first-order valence-corrected chi connectivity index (χ1v) is 9.54. The highest BCUT2D eigenvalue weighted by Crippen LogP contribution is 2.25. The number of pyridine rings is 1. The van der Waals surface area contributed by atoms with Crippen molar-refractivity contribution in [3.05, 3.63) is 89.4 Å². The van der Waals surface area contributed by atoms with Crippen molar-refractivity contribution >= 4 is 5.91 Å². The van der Waals surface area contributed by atoms with Crippen molar-refractivity contribution < 1.29 is 13.9 Å². The number of hydrogen-bond donors (Lipinski definition) is 1. The summed E-state index contributed by atoms with van der Waals surface area (Å²) in [6.07, 6.45) is -0.131. The average molecular weight is 391 g/mol. The minimum Gasteiger partial charge on any atom is -0.369 e. The molecule has 29 heavy (non-hydrogen) atoms. The smallest absolute Gasteiger partial charge is 0.248 e. The van der Waals surface area contributed by atoms with E-state index in [1.54, 1.807) is 12.1 Å². The highest BCUT2D eigenvalue weighted by atomic mass is 19.1. The third-order valence-electron chi connectivity index (χ3n) is 5.04. The summed E-state index contributed by atoms with van der Waals surface area (Å²) in [4.78, 5) is 18.3. The first kappa shape index (κ1) is 19.2. The number of carbonyl (C=O) groups is 1. The van der Waals surface area contributed by atoms with E-state index in [1.807, 2.05) is 42.5 Å². The molecule has 1 atom stereocenters. The summed E-state index contributed by atoms with van der Waals surface area (Å²) in [7, 11) is 0. The Morgan fingerprint density at radius 1 is 1.10 bits per heavy atom. The van der Waals surface area contributed by atoms with Gasteiger partial charge in [-0.15, -0.1) is 0 Å². The number of nitrogens with zero attached hydrogens (tertiary/aromatic N) is 2. The number of aromatic nitrogens is 1. The van der Waals surface area contributed by atoms with Crippen LogP contribution in [0.5, 0.6) is 0 Å². The van der Waals surface area contributed by atoms with Gasteiger partial charge in [0.1, 0.15) is 11.9 Å². The third-order valence-corrected chi connectivity index (χ3v) is 5.04. The van der Waals surface area contributed by atoms with Crippen molar-refractivity contribution in [3.8, 4) is 11.3 Å². The highest BCUT2D eigenvalue weighted by molar-refractivity contribution is 5.93. The fourth-order valence-corrected chi connectivity index (χ4v) is 3.47. The van der Waals surface area contributed by atoms with E-state index < -0.39 is 5.91 Å². The lowest BCUT2D eigenvalue weighted by Crippen LogP contribution is -2.38. The lowest BCUT2D eigenvalue weighted by molar-refractivity contribution is -0.0349. The topological polar surface area (TPSA) is 68.5 Å². The third kappa shape index (κ3) is 4.67. The maximum atomic E-state index is 13.1. The predicted molar refractivity (Wildman–Crippen MR) is 109 cm³/mol. The van der Waals surface area contributed by atoms with E-state index >= 15 is 0 Å². The second kappa shape index (κ2) is 8.51. The molecule has 1 amide bonds. The summed E-state index contributed by atoms with van der Waals surface area (Å²) in [5, 5.41) is 0. The van der Waals surface area contributed by atoms with Crippen LogP contribution in [0.25, 0.3) is 11.3 Å². The van der Waals surface area contributed by atoms with Crippen LogP contribution in [0, 0.1) is 5.82 Å². The first-order chi connectivity index (χ1) is 14.1. The van der Waals surface area contributed by atoms with E-state index in [0.717, 1.165) is 35.6 Å². The molecule has 1 aliphatic rings. The summed E-state index contributed by atoms with van der Waals surface area (Å²) < 4.78 is 19.1. The van der Waals surface area contributed by atoms with E-state index in [-0.39, 0.29) is 11.9 Å². The Morgan fingerprint density at radius 3 is 2.59 bits per heavy atom. The summed E-state index contributed by atoms with van der Waals surface area (Å²) >= 11 is 0. The molecule has 0 aliphatic carbocycles. The van der Waals surface area contributed by atoms with Crippen molar-refractivity contribution in [3.63, 3.8) is 0 Å². The number of primary amides is 1. The molecular weight excluding hydrogens is 369 g/mol. The van der Waals surface area contributed by atoms with Gasteiger partial charge in [0.2, 0.25) is 5.91 Å².